The molecule has 0 fully saturated rings. The highest BCUT2D eigenvalue weighted by molar-refractivity contribution is 7.80. The highest BCUT2D eigenvalue weighted by atomic mass is 32.1. The number of thiocarbonyl (C=S) groups is 1. The lowest BCUT2D eigenvalue weighted by molar-refractivity contribution is 0.0995. The van der Waals surface area contributed by atoms with Crippen molar-refractivity contribution in [3.63, 3.8) is 0 Å². The number of aromatic nitrogens is 1. The molecule has 0 aromatic carbocycles. The van der Waals surface area contributed by atoms with Crippen LogP contribution in [0, 0.1) is 0 Å². The Balaban J connectivity index is 2.46. The summed E-state index contributed by atoms with van der Waals surface area (Å²) in [6.45, 7) is 2.96. The van der Waals surface area contributed by atoms with Crippen LogP contribution in [0.4, 0.5) is 5.69 Å². The van der Waals surface area contributed by atoms with Crippen LogP contribution >= 0.6 is 12.2 Å². The largest absolute Gasteiger partial charge is 0.364 e. The van der Waals surface area contributed by atoms with Crippen molar-refractivity contribution in [3.8, 4) is 0 Å². The number of nitrogens with zero attached hydrogens (tertiary/aromatic N) is 1. The van der Waals surface area contributed by atoms with Crippen molar-refractivity contribution in [1.82, 2.24) is 10.3 Å². The highest BCUT2D eigenvalue weighted by Gasteiger charge is 2.02. The van der Waals surface area contributed by atoms with Crippen molar-refractivity contribution < 1.29 is 4.79 Å². The van der Waals surface area contributed by atoms with Gasteiger partial charge >= 0.3 is 0 Å². The lowest BCUT2D eigenvalue weighted by atomic mass is 10.3. The number of rotatable bonds is 5. The van der Waals surface area contributed by atoms with Crippen LogP contribution in [0.2, 0.25) is 0 Å². The Labute approximate surface area is 106 Å². The molecule has 0 saturated carbocycles. The van der Waals surface area contributed by atoms with E-state index in [2.05, 4.69) is 22.5 Å². The summed E-state index contributed by atoms with van der Waals surface area (Å²) < 4.78 is 0. The predicted octanol–water partition coefficient (Wildman–Crippen LogP) is 1.27. The first-order valence-corrected chi connectivity index (χ1v) is 5.85. The lowest BCUT2D eigenvalue weighted by Crippen LogP contribution is -2.29. The van der Waals surface area contributed by atoms with E-state index in [1.54, 1.807) is 12.1 Å². The fraction of sp³-hybridized carbons (Fsp3) is 0.364. The molecule has 1 rings (SSSR count). The molecule has 17 heavy (non-hydrogen) atoms. The van der Waals surface area contributed by atoms with Crippen molar-refractivity contribution in [2.45, 2.75) is 19.8 Å². The van der Waals surface area contributed by atoms with Gasteiger partial charge in [0.15, 0.2) is 5.11 Å². The third-order valence-corrected chi connectivity index (χ3v) is 2.34. The summed E-state index contributed by atoms with van der Waals surface area (Å²) in [5.41, 5.74) is 6.05. The van der Waals surface area contributed by atoms with E-state index in [9.17, 15) is 4.79 Å². The molecule has 0 aliphatic rings. The topological polar surface area (TPSA) is 80.0 Å². The Hall–Kier alpha value is -1.69. The zero-order chi connectivity index (χ0) is 12.7. The third-order valence-electron chi connectivity index (χ3n) is 2.09. The molecule has 1 aromatic rings. The van der Waals surface area contributed by atoms with E-state index in [0.717, 1.165) is 25.1 Å². The van der Waals surface area contributed by atoms with Crippen molar-refractivity contribution in [3.05, 3.63) is 24.0 Å². The van der Waals surface area contributed by atoms with Gasteiger partial charge in [0.05, 0.1) is 11.9 Å². The van der Waals surface area contributed by atoms with Crippen LogP contribution in [0.25, 0.3) is 0 Å². The molecule has 0 aliphatic carbocycles. The molecule has 5 nitrogen and oxygen atoms in total. The van der Waals surface area contributed by atoms with Crippen LogP contribution in [0.15, 0.2) is 18.3 Å². The molecule has 0 atom stereocenters. The summed E-state index contributed by atoms with van der Waals surface area (Å²) in [7, 11) is 0. The Kier molecular flexibility index (Phi) is 5.35. The molecule has 0 saturated heterocycles. The Morgan fingerprint density at radius 3 is 2.82 bits per heavy atom. The molecule has 0 radical (unpaired) electrons. The number of primary amides is 1. The average molecular weight is 252 g/mol. The smallest absolute Gasteiger partial charge is 0.267 e. The van der Waals surface area contributed by atoms with E-state index < -0.39 is 5.91 Å². The zero-order valence-electron chi connectivity index (χ0n) is 9.69. The Morgan fingerprint density at radius 1 is 1.53 bits per heavy atom. The fourth-order valence-electron chi connectivity index (χ4n) is 1.17. The monoisotopic (exact) mass is 252 g/mol. The van der Waals surface area contributed by atoms with Gasteiger partial charge in [0.25, 0.3) is 5.91 Å². The minimum atomic E-state index is -0.541. The number of unbranched alkanes of at least 4 members (excludes halogenated alkanes) is 1. The summed E-state index contributed by atoms with van der Waals surface area (Å²) in [6.07, 6.45) is 3.71. The van der Waals surface area contributed by atoms with E-state index in [-0.39, 0.29) is 5.69 Å². The van der Waals surface area contributed by atoms with Gasteiger partial charge < -0.3 is 16.4 Å². The first-order chi connectivity index (χ1) is 8.13. The Bertz CT molecular complexity index is 391. The maximum absolute atomic E-state index is 10.8. The van der Waals surface area contributed by atoms with Crippen molar-refractivity contribution in [2.24, 2.45) is 5.73 Å². The molecule has 1 amide bonds. The quantitative estimate of drug-likeness (QED) is 0.543. The average Bonchev–Trinajstić information content (AvgIpc) is 2.30. The number of nitrogens with one attached hydrogen (secondary N) is 2. The predicted molar refractivity (Wildman–Crippen MR) is 71.9 cm³/mol. The van der Waals surface area contributed by atoms with Crippen molar-refractivity contribution in [2.75, 3.05) is 11.9 Å². The molecule has 6 heteroatoms. The van der Waals surface area contributed by atoms with Crippen LogP contribution < -0.4 is 16.4 Å². The molecule has 0 aliphatic heterocycles. The maximum atomic E-state index is 10.8. The number of hydrogen-bond acceptors (Lipinski definition) is 3. The number of anilines is 1. The molecular weight excluding hydrogens is 236 g/mol. The standard InChI is InChI=1S/C11H16N4OS/c1-2-3-6-13-11(17)15-8-4-5-9(10(12)16)14-7-8/h4-5,7H,2-3,6H2,1H3,(H2,12,16)(H2,13,15,17). The van der Waals surface area contributed by atoms with Crippen molar-refractivity contribution in [1.29, 1.82) is 0 Å². The van der Waals surface area contributed by atoms with E-state index in [1.165, 1.54) is 6.20 Å². The van der Waals surface area contributed by atoms with Crippen LogP contribution in [0.5, 0.6) is 0 Å². The molecule has 92 valence electrons. The van der Waals surface area contributed by atoms with Gasteiger partial charge in [-0.2, -0.15) is 0 Å². The fourth-order valence-corrected chi connectivity index (χ4v) is 1.39. The first-order valence-electron chi connectivity index (χ1n) is 5.44. The summed E-state index contributed by atoms with van der Waals surface area (Å²) >= 11 is 5.09. The summed E-state index contributed by atoms with van der Waals surface area (Å²) in [4.78, 5) is 14.7. The van der Waals surface area contributed by atoms with Gasteiger partial charge in [-0.05, 0) is 30.8 Å². The lowest BCUT2D eigenvalue weighted by Gasteiger charge is -2.09. The van der Waals surface area contributed by atoms with E-state index in [4.69, 9.17) is 18.0 Å². The molecule has 1 heterocycles. The molecule has 0 bridgehead atoms. The normalized spacial score (nSPS) is 9.71. The molecular formula is C11H16N4OS. The first kappa shape index (κ1) is 13.4. The van der Waals surface area contributed by atoms with Gasteiger partial charge in [-0.1, -0.05) is 13.3 Å². The van der Waals surface area contributed by atoms with Crippen LogP contribution in [-0.2, 0) is 0 Å². The highest BCUT2D eigenvalue weighted by Crippen LogP contribution is 2.05. The number of carbonyl (C=O) groups is 1. The van der Waals surface area contributed by atoms with Gasteiger partial charge in [-0.3, -0.25) is 4.79 Å². The second-order valence-electron chi connectivity index (χ2n) is 3.53. The van der Waals surface area contributed by atoms with E-state index in [1.807, 2.05) is 0 Å². The second kappa shape index (κ2) is 6.80. The van der Waals surface area contributed by atoms with Gasteiger partial charge in [0.1, 0.15) is 5.69 Å². The van der Waals surface area contributed by atoms with Crippen LogP contribution in [0.3, 0.4) is 0 Å². The molecule has 0 unspecified atom stereocenters. The van der Waals surface area contributed by atoms with Gasteiger partial charge in [-0.25, -0.2) is 4.98 Å². The number of hydrogen-bond donors (Lipinski definition) is 3. The van der Waals surface area contributed by atoms with Crippen LogP contribution in [-0.4, -0.2) is 22.5 Å². The summed E-state index contributed by atoms with van der Waals surface area (Å²) in [5, 5.41) is 6.59. The zero-order valence-corrected chi connectivity index (χ0v) is 10.5. The minimum Gasteiger partial charge on any atom is -0.364 e. The van der Waals surface area contributed by atoms with Crippen molar-refractivity contribution >= 4 is 28.9 Å². The minimum absolute atomic E-state index is 0.236. The summed E-state index contributed by atoms with van der Waals surface area (Å²) in [5.74, 6) is -0.541. The molecule has 0 spiro atoms. The number of pyridine rings is 1. The van der Waals surface area contributed by atoms with E-state index >= 15 is 0 Å². The Morgan fingerprint density at radius 2 is 2.29 bits per heavy atom. The number of amides is 1. The summed E-state index contributed by atoms with van der Waals surface area (Å²) in [6, 6.07) is 3.26. The third kappa shape index (κ3) is 4.78. The van der Waals surface area contributed by atoms with Gasteiger partial charge in [-0.15, -0.1) is 0 Å². The molecule has 4 N–H and O–H groups in total. The van der Waals surface area contributed by atoms with E-state index in [0.29, 0.717) is 5.11 Å². The maximum Gasteiger partial charge on any atom is 0.267 e. The second-order valence-corrected chi connectivity index (χ2v) is 3.94. The van der Waals surface area contributed by atoms with Gasteiger partial charge in [0.2, 0.25) is 0 Å². The number of carbonyl (C=O) groups excluding carboxylic acids is 1. The van der Waals surface area contributed by atoms with Crippen LogP contribution in [0.1, 0.15) is 30.3 Å². The number of nitrogens with two attached hydrogens (primary N) is 1. The molecule has 1 aromatic heterocycles. The SMILES string of the molecule is CCCCNC(=S)Nc1ccc(C(N)=O)nc1. The van der Waals surface area contributed by atoms with Gasteiger partial charge in [0, 0.05) is 6.54 Å².